The standard InChI is InChI=1S/C23H21N3O4S/c1-15-10-11-16(13-22(15)31(28,29)26(2)3)24-23(27)18-14-20(21-9-6-12-30-21)25-19-8-5-4-7-17(18)19/h4-14H,1-3H3,(H,24,27). The molecular formula is C23H21N3O4S. The molecule has 1 N–H and O–H groups in total. The van der Waals surface area contributed by atoms with Crippen molar-refractivity contribution in [2.75, 3.05) is 19.4 Å². The van der Waals surface area contributed by atoms with E-state index in [1.807, 2.05) is 24.3 Å². The number of carbonyl (C=O) groups is 1. The van der Waals surface area contributed by atoms with Crippen molar-refractivity contribution >= 4 is 32.5 Å². The molecule has 7 nitrogen and oxygen atoms in total. The number of nitrogens with zero attached hydrogens (tertiary/aromatic N) is 2. The first-order chi connectivity index (χ1) is 14.8. The topological polar surface area (TPSA) is 92.5 Å². The minimum absolute atomic E-state index is 0.145. The van der Waals surface area contributed by atoms with Crippen molar-refractivity contribution in [1.29, 1.82) is 0 Å². The Morgan fingerprint density at radius 3 is 2.52 bits per heavy atom. The van der Waals surface area contributed by atoms with E-state index in [-0.39, 0.29) is 10.8 Å². The van der Waals surface area contributed by atoms with E-state index in [2.05, 4.69) is 10.3 Å². The van der Waals surface area contributed by atoms with Crippen LogP contribution in [0.2, 0.25) is 0 Å². The lowest BCUT2D eigenvalue weighted by molar-refractivity contribution is 0.102. The van der Waals surface area contributed by atoms with Gasteiger partial charge < -0.3 is 9.73 Å². The quantitative estimate of drug-likeness (QED) is 0.504. The number of benzene rings is 2. The van der Waals surface area contributed by atoms with Crippen LogP contribution in [0.3, 0.4) is 0 Å². The van der Waals surface area contributed by atoms with Crippen molar-refractivity contribution in [3.05, 3.63) is 78.1 Å². The molecule has 4 rings (SSSR count). The Bertz CT molecular complexity index is 1380. The normalized spacial score (nSPS) is 11.7. The Morgan fingerprint density at radius 1 is 1.03 bits per heavy atom. The van der Waals surface area contributed by atoms with Crippen LogP contribution in [-0.4, -0.2) is 37.7 Å². The van der Waals surface area contributed by atoms with Crippen LogP contribution in [0.15, 0.2) is 76.2 Å². The van der Waals surface area contributed by atoms with E-state index in [9.17, 15) is 13.2 Å². The summed E-state index contributed by atoms with van der Waals surface area (Å²) < 4.78 is 31.8. The van der Waals surface area contributed by atoms with Crippen LogP contribution in [0, 0.1) is 6.92 Å². The highest BCUT2D eigenvalue weighted by Gasteiger charge is 2.21. The van der Waals surface area contributed by atoms with Gasteiger partial charge >= 0.3 is 0 Å². The van der Waals surface area contributed by atoms with E-state index in [0.717, 1.165) is 4.31 Å². The summed E-state index contributed by atoms with van der Waals surface area (Å²) in [5, 5.41) is 3.51. The van der Waals surface area contributed by atoms with Crippen LogP contribution in [0.4, 0.5) is 5.69 Å². The summed E-state index contributed by atoms with van der Waals surface area (Å²) in [7, 11) is -0.699. The van der Waals surface area contributed by atoms with E-state index >= 15 is 0 Å². The third kappa shape index (κ3) is 3.95. The molecule has 0 spiro atoms. The summed E-state index contributed by atoms with van der Waals surface area (Å²) in [6.45, 7) is 1.72. The first-order valence-electron chi connectivity index (χ1n) is 9.55. The minimum atomic E-state index is -3.64. The number of pyridine rings is 1. The number of amides is 1. The second kappa shape index (κ2) is 7.98. The van der Waals surface area contributed by atoms with Gasteiger partial charge in [0.05, 0.1) is 22.2 Å². The molecule has 4 aromatic rings. The number of fused-ring (bicyclic) bond motifs is 1. The minimum Gasteiger partial charge on any atom is -0.463 e. The molecule has 0 unspecified atom stereocenters. The number of hydrogen-bond donors (Lipinski definition) is 1. The smallest absolute Gasteiger partial charge is 0.256 e. The second-order valence-electron chi connectivity index (χ2n) is 7.27. The van der Waals surface area contributed by atoms with Gasteiger partial charge in [-0.2, -0.15) is 0 Å². The molecule has 0 aliphatic carbocycles. The molecular weight excluding hydrogens is 414 g/mol. The number of rotatable bonds is 5. The molecule has 0 saturated heterocycles. The summed E-state index contributed by atoms with van der Waals surface area (Å²) in [6, 6.07) is 17.3. The van der Waals surface area contributed by atoms with Gasteiger partial charge in [-0.15, -0.1) is 0 Å². The Hall–Kier alpha value is -3.49. The average molecular weight is 436 g/mol. The summed E-state index contributed by atoms with van der Waals surface area (Å²) in [5.74, 6) is 0.179. The summed E-state index contributed by atoms with van der Waals surface area (Å²) in [4.78, 5) is 17.9. The van der Waals surface area contributed by atoms with Gasteiger partial charge in [0.15, 0.2) is 5.76 Å². The Morgan fingerprint density at radius 2 is 1.81 bits per heavy atom. The van der Waals surface area contributed by atoms with Crippen molar-refractivity contribution in [3.63, 3.8) is 0 Å². The molecule has 0 atom stereocenters. The molecule has 1 amide bonds. The zero-order chi connectivity index (χ0) is 22.2. The van der Waals surface area contributed by atoms with Crippen molar-refractivity contribution in [3.8, 4) is 11.5 Å². The van der Waals surface area contributed by atoms with Crippen LogP contribution in [0.25, 0.3) is 22.4 Å². The first-order valence-corrected chi connectivity index (χ1v) is 11.0. The monoisotopic (exact) mass is 435 g/mol. The molecule has 0 aliphatic rings. The molecule has 158 valence electrons. The third-order valence-corrected chi connectivity index (χ3v) is 6.90. The SMILES string of the molecule is Cc1ccc(NC(=O)c2cc(-c3ccco3)nc3ccccc23)cc1S(=O)(=O)N(C)C. The van der Waals surface area contributed by atoms with Gasteiger partial charge in [-0.3, -0.25) is 4.79 Å². The van der Waals surface area contributed by atoms with Gasteiger partial charge in [0.1, 0.15) is 5.69 Å². The largest absolute Gasteiger partial charge is 0.463 e. The third-order valence-electron chi connectivity index (χ3n) is 4.94. The maximum absolute atomic E-state index is 13.2. The molecule has 8 heteroatoms. The fourth-order valence-electron chi connectivity index (χ4n) is 3.26. The van der Waals surface area contributed by atoms with Gasteiger partial charge in [0, 0.05) is 25.2 Å². The van der Waals surface area contributed by atoms with Crippen molar-refractivity contribution in [1.82, 2.24) is 9.29 Å². The Kier molecular flexibility index (Phi) is 5.34. The van der Waals surface area contributed by atoms with E-state index in [1.54, 1.807) is 43.5 Å². The van der Waals surface area contributed by atoms with Crippen LogP contribution in [0.5, 0.6) is 0 Å². The van der Waals surface area contributed by atoms with Gasteiger partial charge in [0.25, 0.3) is 5.91 Å². The van der Waals surface area contributed by atoms with Gasteiger partial charge in [-0.05, 0) is 48.9 Å². The highest BCUT2D eigenvalue weighted by atomic mass is 32.2. The van der Waals surface area contributed by atoms with Crippen LogP contribution >= 0.6 is 0 Å². The molecule has 0 aliphatic heterocycles. The molecule has 0 bridgehead atoms. The first kappa shape index (κ1) is 20.8. The number of furan rings is 1. The lowest BCUT2D eigenvalue weighted by atomic mass is 10.1. The number of aryl methyl sites for hydroxylation is 1. The number of hydrogen-bond acceptors (Lipinski definition) is 5. The maximum Gasteiger partial charge on any atom is 0.256 e. The number of sulfonamides is 1. The molecule has 0 radical (unpaired) electrons. The number of nitrogens with one attached hydrogen (secondary N) is 1. The van der Waals surface area contributed by atoms with Crippen LogP contribution in [-0.2, 0) is 10.0 Å². The molecule has 2 aromatic carbocycles. The fourth-order valence-corrected chi connectivity index (χ4v) is 4.41. The number of aromatic nitrogens is 1. The fraction of sp³-hybridized carbons (Fsp3) is 0.130. The average Bonchev–Trinajstić information content (AvgIpc) is 3.29. The lowest BCUT2D eigenvalue weighted by Gasteiger charge is -2.15. The molecule has 2 heterocycles. The van der Waals surface area contributed by atoms with Crippen molar-refractivity contribution in [2.45, 2.75) is 11.8 Å². The maximum atomic E-state index is 13.2. The molecule has 0 saturated carbocycles. The number of carbonyl (C=O) groups excluding carboxylic acids is 1. The van der Waals surface area contributed by atoms with E-state index in [0.29, 0.717) is 39.2 Å². The van der Waals surface area contributed by atoms with Gasteiger partial charge in [0.2, 0.25) is 10.0 Å². The van der Waals surface area contributed by atoms with E-state index < -0.39 is 10.0 Å². The van der Waals surface area contributed by atoms with Crippen LogP contribution in [0.1, 0.15) is 15.9 Å². The second-order valence-corrected chi connectivity index (χ2v) is 9.39. The zero-order valence-corrected chi connectivity index (χ0v) is 18.1. The highest BCUT2D eigenvalue weighted by molar-refractivity contribution is 7.89. The molecule has 0 fully saturated rings. The summed E-state index contributed by atoms with van der Waals surface area (Å²) in [6.07, 6.45) is 1.55. The predicted molar refractivity (Wildman–Crippen MR) is 119 cm³/mol. The Labute approximate surface area is 180 Å². The van der Waals surface area contributed by atoms with Crippen molar-refractivity contribution < 1.29 is 17.6 Å². The zero-order valence-electron chi connectivity index (χ0n) is 17.3. The lowest BCUT2D eigenvalue weighted by Crippen LogP contribution is -2.23. The summed E-state index contributed by atoms with van der Waals surface area (Å²) >= 11 is 0. The van der Waals surface area contributed by atoms with Crippen LogP contribution < -0.4 is 5.32 Å². The van der Waals surface area contributed by atoms with E-state index in [1.165, 1.54) is 20.2 Å². The van der Waals surface area contributed by atoms with Gasteiger partial charge in [-0.25, -0.2) is 17.7 Å². The number of para-hydroxylation sites is 1. The highest BCUT2D eigenvalue weighted by Crippen LogP contribution is 2.27. The van der Waals surface area contributed by atoms with Gasteiger partial charge in [-0.1, -0.05) is 24.3 Å². The summed E-state index contributed by atoms with van der Waals surface area (Å²) in [5.41, 5.74) is 2.59. The number of anilines is 1. The van der Waals surface area contributed by atoms with Crippen molar-refractivity contribution in [2.24, 2.45) is 0 Å². The molecule has 2 aromatic heterocycles. The Balaban J connectivity index is 1.76. The van der Waals surface area contributed by atoms with E-state index in [4.69, 9.17) is 4.42 Å². The molecule has 31 heavy (non-hydrogen) atoms. The predicted octanol–water partition coefficient (Wildman–Crippen LogP) is 4.31.